The Balaban J connectivity index is 1.60. The minimum Gasteiger partial charge on any atom is -0.481 e. The quantitative estimate of drug-likeness (QED) is 0.287. The minimum atomic E-state index is -0.446. The first kappa shape index (κ1) is 23.8. The zero-order valence-corrected chi connectivity index (χ0v) is 21.2. The van der Waals surface area contributed by atoms with Gasteiger partial charge in [0, 0.05) is 10.0 Å². The van der Waals surface area contributed by atoms with Gasteiger partial charge in [-0.15, -0.1) is 0 Å². The van der Waals surface area contributed by atoms with E-state index in [1.165, 1.54) is 11.1 Å². The maximum atomic E-state index is 11.5. The van der Waals surface area contributed by atoms with Gasteiger partial charge in [-0.3, -0.25) is 4.79 Å². The molecular formula is C30H28BrNO2. The normalized spacial score (nSPS) is 12.2. The molecule has 4 heteroatoms. The van der Waals surface area contributed by atoms with Crippen LogP contribution in [0.5, 0.6) is 5.75 Å². The molecular weight excluding hydrogens is 486 g/mol. The molecule has 0 aliphatic heterocycles. The van der Waals surface area contributed by atoms with E-state index in [-0.39, 0.29) is 11.5 Å². The fourth-order valence-corrected chi connectivity index (χ4v) is 4.08. The number of benzene rings is 4. The highest BCUT2D eigenvalue weighted by molar-refractivity contribution is 9.10. The molecule has 0 saturated heterocycles. The van der Waals surface area contributed by atoms with Crippen LogP contribution in [-0.2, 0) is 5.41 Å². The molecule has 0 heterocycles. The Morgan fingerprint density at radius 1 is 0.735 bits per heavy atom. The van der Waals surface area contributed by atoms with Crippen molar-refractivity contribution >= 4 is 21.8 Å². The molecule has 172 valence electrons. The molecule has 0 radical (unpaired) electrons. The summed E-state index contributed by atoms with van der Waals surface area (Å²) in [6.45, 7) is 6.66. The first-order valence-electron chi connectivity index (χ1n) is 11.2. The maximum Gasteiger partial charge on any atom is 0.248 e. The van der Waals surface area contributed by atoms with E-state index in [0.29, 0.717) is 5.56 Å². The van der Waals surface area contributed by atoms with Crippen molar-refractivity contribution in [2.45, 2.75) is 32.3 Å². The van der Waals surface area contributed by atoms with Crippen LogP contribution in [0.4, 0.5) is 0 Å². The van der Waals surface area contributed by atoms with Gasteiger partial charge in [-0.25, -0.2) is 0 Å². The van der Waals surface area contributed by atoms with Crippen LogP contribution >= 0.6 is 15.9 Å². The summed E-state index contributed by atoms with van der Waals surface area (Å²) >= 11 is 3.50. The second-order valence-electron chi connectivity index (χ2n) is 9.39. The summed E-state index contributed by atoms with van der Waals surface area (Å²) in [6, 6.07) is 32.2. The summed E-state index contributed by atoms with van der Waals surface area (Å²) in [5.41, 5.74) is 11.6. The molecule has 4 aromatic carbocycles. The van der Waals surface area contributed by atoms with Crippen molar-refractivity contribution in [3.63, 3.8) is 0 Å². The van der Waals surface area contributed by atoms with E-state index in [0.717, 1.165) is 26.9 Å². The summed E-state index contributed by atoms with van der Waals surface area (Å²) in [7, 11) is 0. The number of hydrogen-bond donors (Lipinski definition) is 1. The predicted molar refractivity (Wildman–Crippen MR) is 142 cm³/mol. The molecule has 0 spiro atoms. The van der Waals surface area contributed by atoms with Gasteiger partial charge in [-0.1, -0.05) is 97.4 Å². The number of primary amides is 1. The summed E-state index contributed by atoms with van der Waals surface area (Å²) in [6.07, 6.45) is -0.327. The smallest absolute Gasteiger partial charge is 0.248 e. The standard InChI is InChI=1S/C30H28BrNO2/c1-30(2,3)25-14-8-20(9-15-25)21-12-18-27(19-13-21)34-28(23-10-16-26(31)17-11-23)22-4-6-24(7-5-22)29(32)33/h4-19,28H,1-3H3,(H2,32,33). The zero-order chi connectivity index (χ0) is 24.3. The van der Waals surface area contributed by atoms with Gasteiger partial charge in [-0.2, -0.15) is 0 Å². The number of halogens is 1. The molecule has 34 heavy (non-hydrogen) atoms. The first-order chi connectivity index (χ1) is 16.2. The highest BCUT2D eigenvalue weighted by atomic mass is 79.9. The lowest BCUT2D eigenvalue weighted by molar-refractivity contribution is 0.1000. The van der Waals surface area contributed by atoms with Gasteiger partial charge < -0.3 is 10.5 Å². The average molecular weight is 514 g/mol. The lowest BCUT2D eigenvalue weighted by Gasteiger charge is -2.21. The Bertz CT molecular complexity index is 1250. The van der Waals surface area contributed by atoms with Crippen LogP contribution < -0.4 is 10.5 Å². The molecule has 4 aromatic rings. The van der Waals surface area contributed by atoms with Crippen molar-refractivity contribution in [2.75, 3.05) is 0 Å². The van der Waals surface area contributed by atoms with Crippen LogP contribution in [0.15, 0.2) is 102 Å². The van der Waals surface area contributed by atoms with Crippen molar-refractivity contribution in [3.05, 3.63) is 124 Å². The van der Waals surface area contributed by atoms with Gasteiger partial charge in [0.15, 0.2) is 0 Å². The molecule has 1 unspecified atom stereocenters. The van der Waals surface area contributed by atoms with E-state index in [9.17, 15) is 4.79 Å². The van der Waals surface area contributed by atoms with E-state index in [2.05, 4.69) is 73.1 Å². The van der Waals surface area contributed by atoms with E-state index < -0.39 is 5.91 Å². The Kier molecular flexibility index (Phi) is 6.90. The molecule has 0 saturated carbocycles. The molecule has 0 aliphatic rings. The molecule has 0 aromatic heterocycles. The first-order valence-corrected chi connectivity index (χ1v) is 12.0. The lowest BCUT2D eigenvalue weighted by atomic mass is 9.86. The third kappa shape index (κ3) is 5.57. The predicted octanol–water partition coefficient (Wildman–Crippen LogP) is 7.68. The molecule has 2 N–H and O–H groups in total. The number of ether oxygens (including phenoxy) is 1. The monoisotopic (exact) mass is 513 g/mol. The van der Waals surface area contributed by atoms with E-state index in [1.54, 1.807) is 12.1 Å². The molecule has 4 rings (SSSR count). The second kappa shape index (κ2) is 9.86. The van der Waals surface area contributed by atoms with Crippen molar-refractivity contribution in [1.82, 2.24) is 0 Å². The van der Waals surface area contributed by atoms with Crippen LogP contribution in [0, 0.1) is 0 Å². The van der Waals surface area contributed by atoms with Crippen LogP contribution in [0.3, 0.4) is 0 Å². The van der Waals surface area contributed by atoms with Crippen LogP contribution in [0.2, 0.25) is 0 Å². The summed E-state index contributed by atoms with van der Waals surface area (Å²) in [5, 5.41) is 0. The molecule has 1 atom stereocenters. The molecule has 0 aliphatic carbocycles. The summed E-state index contributed by atoms with van der Waals surface area (Å²) in [4.78, 5) is 11.5. The molecule has 0 fully saturated rings. The Morgan fingerprint density at radius 3 is 1.68 bits per heavy atom. The molecule has 1 amide bonds. The van der Waals surface area contributed by atoms with Crippen LogP contribution in [-0.4, -0.2) is 5.91 Å². The largest absolute Gasteiger partial charge is 0.481 e. The lowest BCUT2D eigenvalue weighted by Crippen LogP contribution is -2.12. The fraction of sp³-hybridized carbons (Fsp3) is 0.167. The Hall–Kier alpha value is -3.37. The van der Waals surface area contributed by atoms with Crippen LogP contribution in [0.25, 0.3) is 11.1 Å². The molecule has 3 nitrogen and oxygen atoms in total. The van der Waals surface area contributed by atoms with Crippen molar-refractivity contribution in [3.8, 4) is 16.9 Å². The fourth-order valence-electron chi connectivity index (χ4n) is 3.81. The third-order valence-corrected chi connectivity index (χ3v) is 6.39. The minimum absolute atomic E-state index is 0.133. The van der Waals surface area contributed by atoms with Gasteiger partial charge >= 0.3 is 0 Å². The third-order valence-electron chi connectivity index (χ3n) is 5.86. The highest BCUT2D eigenvalue weighted by Gasteiger charge is 2.17. The summed E-state index contributed by atoms with van der Waals surface area (Å²) in [5.74, 6) is 0.320. The van der Waals surface area contributed by atoms with Gasteiger partial charge in [0.25, 0.3) is 0 Å². The van der Waals surface area contributed by atoms with E-state index >= 15 is 0 Å². The molecule has 0 bridgehead atoms. The number of carbonyl (C=O) groups excluding carboxylic acids is 1. The highest BCUT2D eigenvalue weighted by Crippen LogP contribution is 2.32. The van der Waals surface area contributed by atoms with Gasteiger partial charge in [-0.05, 0) is 69.6 Å². The van der Waals surface area contributed by atoms with Gasteiger partial charge in [0.05, 0.1) is 0 Å². The number of rotatable bonds is 6. The topological polar surface area (TPSA) is 52.3 Å². The van der Waals surface area contributed by atoms with E-state index in [1.807, 2.05) is 48.5 Å². The van der Waals surface area contributed by atoms with Gasteiger partial charge in [0.2, 0.25) is 5.91 Å². The van der Waals surface area contributed by atoms with Crippen molar-refractivity contribution in [1.29, 1.82) is 0 Å². The van der Waals surface area contributed by atoms with Crippen LogP contribution in [0.1, 0.15) is 53.9 Å². The zero-order valence-electron chi connectivity index (χ0n) is 19.6. The Labute approximate surface area is 209 Å². The SMILES string of the molecule is CC(C)(C)c1ccc(-c2ccc(OC(c3ccc(Br)cc3)c3ccc(C(N)=O)cc3)cc2)cc1. The number of amides is 1. The number of carbonyl (C=O) groups is 1. The summed E-state index contributed by atoms with van der Waals surface area (Å²) < 4.78 is 7.45. The number of nitrogens with two attached hydrogens (primary N) is 1. The van der Waals surface area contributed by atoms with Gasteiger partial charge in [0.1, 0.15) is 11.9 Å². The average Bonchev–Trinajstić information content (AvgIpc) is 2.83. The number of hydrogen-bond acceptors (Lipinski definition) is 2. The Morgan fingerprint density at radius 2 is 1.21 bits per heavy atom. The maximum absolute atomic E-state index is 11.5. The van der Waals surface area contributed by atoms with E-state index in [4.69, 9.17) is 10.5 Å². The van der Waals surface area contributed by atoms with Crippen molar-refractivity contribution < 1.29 is 9.53 Å². The second-order valence-corrected chi connectivity index (χ2v) is 10.3. The van der Waals surface area contributed by atoms with Crippen molar-refractivity contribution in [2.24, 2.45) is 5.73 Å².